The molecule has 0 aromatic heterocycles. The average Bonchev–Trinajstić information content (AvgIpc) is 3.19. The SMILES string of the molecule is CCN(CC(F)(F)F)CC1(CNC2CC2)CCOCC1. The molecule has 0 spiro atoms. The van der Waals surface area contributed by atoms with Crippen LogP contribution in [0.15, 0.2) is 0 Å². The van der Waals surface area contributed by atoms with Crippen LogP contribution in [-0.2, 0) is 4.74 Å². The molecule has 1 saturated heterocycles. The zero-order chi connectivity index (χ0) is 14.6. The lowest BCUT2D eigenvalue weighted by Crippen LogP contribution is -2.49. The second-order valence-corrected chi connectivity index (χ2v) is 6.19. The van der Waals surface area contributed by atoms with Crippen LogP contribution in [0, 0.1) is 5.41 Å². The highest BCUT2D eigenvalue weighted by Gasteiger charge is 2.38. The zero-order valence-electron chi connectivity index (χ0n) is 12.1. The number of halogens is 3. The minimum atomic E-state index is -4.12. The maximum absolute atomic E-state index is 12.6. The Bertz CT molecular complexity index is 299. The van der Waals surface area contributed by atoms with Gasteiger partial charge < -0.3 is 10.1 Å². The van der Waals surface area contributed by atoms with Gasteiger partial charge in [0, 0.05) is 32.3 Å². The number of rotatable bonds is 7. The van der Waals surface area contributed by atoms with Crippen LogP contribution in [0.2, 0.25) is 0 Å². The second kappa shape index (κ2) is 6.62. The van der Waals surface area contributed by atoms with Crippen molar-refractivity contribution in [3.05, 3.63) is 0 Å². The molecule has 118 valence electrons. The van der Waals surface area contributed by atoms with Crippen LogP contribution in [0.1, 0.15) is 32.6 Å². The van der Waals surface area contributed by atoms with Crippen LogP contribution >= 0.6 is 0 Å². The minimum Gasteiger partial charge on any atom is -0.381 e. The summed E-state index contributed by atoms with van der Waals surface area (Å²) in [6.07, 6.45) is -0.0202. The van der Waals surface area contributed by atoms with Gasteiger partial charge >= 0.3 is 6.18 Å². The predicted octanol–water partition coefficient (Wildman–Crippen LogP) is 2.42. The van der Waals surface area contributed by atoms with Crippen LogP contribution in [-0.4, -0.2) is 56.5 Å². The molecule has 0 amide bonds. The Balaban J connectivity index is 1.93. The lowest BCUT2D eigenvalue weighted by Gasteiger charge is -2.41. The van der Waals surface area contributed by atoms with Crippen molar-refractivity contribution < 1.29 is 17.9 Å². The first-order valence-electron chi connectivity index (χ1n) is 7.53. The molecule has 6 heteroatoms. The largest absolute Gasteiger partial charge is 0.401 e. The van der Waals surface area contributed by atoms with Crippen molar-refractivity contribution in [3.8, 4) is 0 Å². The Labute approximate surface area is 118 Å². The van der Waals surface area contributed by atoms with Crippen LogP contribution < -0.4 is 5.32 Å². The fraction of sp³-hybridized carbons (Fsp3) is 1.00. The molecule has 0 atom stereocenters. The molecule has 0 radical (unpaired) electrons. The summed E-state index contributed by atoms with van der Waals surface area (Å²) in [7, 11) is 0. The van der Waals surface area contributed by atoms with Crippen LogP contribution in [0.4, 0.5) is 13.2 Å². The summed E-state index contributed by atoms with van der Waals surface area (Å²) < 4.78 is 43.2. The van der Waals surface area contributed by atoms with Gasteiger partial charge in [-0.15, -0.1) is 0 Å². The zero-order valence-corrected chi connectivity index (χ0v) is 12.1. The molecule has 0 aromatic carbocycles. The standard InChI is InChI=1S/C14H25F3N2O/c1-2-19(11-14(15,16)17)10-13(5-7-20-8-6-13)9-18-12-3-4-12/h12,18H,2-11H2,1H3. The van der Waals surface area contributed by atoms with Crippen LogP contribution in [0.25, 0.3) is 0 Å². The lowest BCUT2D eigenvalue weighted by atomic mass is 9.79. The molecule has 1 aliphatic carbocycles. The Morgan fingerprint density at radius 2 is 1.90 bits per heavy atom. The number of nitrogens with zero attached hydrogens (tertiary/aromatic N) is 1. The summed E-state index contributed by atoms with van der Waals surface area (Å²) in [5, 5.41) is 3.50. The van der Waals surface area contributed by atoms with E-state index in [1.54, 1.807) is 6.92 Å². The summed E-state index contributed by atoms with van der Waals surface area (Å²) >= 11 is 0. The van der Waals surface area contributed by atoms with E-state index in [9.17, 15) is 13.2 Å². The molecular formula is C14H25F3N2O. The third-order valence-electron chi connectivity index (χ3n) is 4.31. The van der Waals surface area contributed by atoms with E-state index in [1.807, 2.05) is 0 Å². The van der Waals surface area contributed by atoms with Crippen LogP contribution in [0.3, 0.4) is 0 Å². The molecule has 3 nitrogen and oxygen atoms in total. The van der Waals surface area contributed by atoms with Crippen molar-refractivity contribution in [2.24, 2.45) is 5.41 Å². The van der Waals surface area contributed by atoms with E-state index in [1.165, 1.54) is 17.7 Å². The summed E-state index contributed by atoms with van der Waals surface area (Å²) in [5.74, 6) is 0. The Kier molecular flexibility index (Phi) is 5.31. The van der Waals surface area contributed by atoms with Crippen molar-refractivity contribution >= 4 is 0 Å². The molecule has 2 fully saturated rings. The predicted molar refractivity (Wildman–Crippen MR) is 71.7 cm³/mol. The molecule has 0 unspecified atom stereocenters. The maximum atomic E-state index is 12.6. The van der Waals surface area contributed by atoms with Gasteiger partial charge in [0.15, 0.2) is 0 Å². The number of hydrogen-bond acceptors (Lipinski definition) is 3. The van der Waals surface area contributed by atoms with E-state index in [0.29, 0.717) is 32.3 Å². The summed E-state index contributed by atoms with van der Waals surface area (Å²) in [5.41, 5.74) is -0.0674. The Morgan fingerprint density at radius 1 is 1.25 bits per heavy atom. The monoisotopic (exact) mass is 294 g/mol. The summed E-state index contributed by atoms with van der Waals surface area (Å²) in [4.78, 5) is 1.53. The molecular weight excluding hydrogens is 269 g/mol. The van der Waals surface area contributed by atoms with E-state index in [-0.39, 0.29) is 5.41 Å². The topological polar surface area (TPSA) is 24.5 Å². The third-order valence-corrected chi connectivity index (χ3v) is 4.31. The Hall–Kier alpha value is -0.330. The average molecular weight is 294 g/mol. The molecule has 2 aliphatic rings. The molecule has 1 saturated carbocycles. The fourth-order valence-electron chi connectivity index (χ4n) is 2.85. The van der Waals surface area contributed by atoms with Gasteiger partial charge in [-0.1, -0.05) is 6.92 Å². The molecule has 20 heavy (non-hydrogen) atoms. The summed E-state index contributed by atoms with van der Waals surface area (Å²) in [6.45, 7) is 4.07. The molecule has 1 N–H and O–H groups in total. The van der Waals surface area contributed by atoms with Gasteiger partial charge in [0.2, 0.25) is 0 Å². The molecule has 1 aliphatic heterocycles. The van der Waals surface area contributed by atoms with E-state index in [0.717, 1.165) is 19.4 Å². The van der Waals surface area contributed by atoms with Crippen molar-refractivity contribution in [1.82, 2.24) is 10.2 Å². The first-order chi connectivity index (χ1) is 9.42. The third kappa shape index (κ3) is 5.22. The molecule has 1 heterocycles. The van der Waals surface area contributed by atoms with Gasteiger partial charge in [0.1, 0.15) is 0 Å². The highest BCUT2D eigenvalue weighted by atomic mass is 19.4. The number of alkyl halides is 3. The first kappa shape index (κ1) is 16.0. The van der Waals surface area contributed by atoms with Gasteiger partial charge in [0.25, 0.3) is 0 Å². The minimum absolute atomic E-state index is 0.0674. The smallest absolute Gasteiger partial charge is 0.381 e. The van der Waals surface area contributed by atoms with E-state index >= 15 is 0 Å². The highest BCUT2D eigenvalue weighted by Crippen LogP contribution is 2.33. The van der Waals surface area contributed by atoms with Crippen molar-refractivity contribution in [2.75, 3.05) is 39.4 Å². The lowest BCUT2D eigenvalue weighted by molar-refractivity contribution is -0.150. The summed E-state index contributed by atoms with van der Waals surface area (Å²) in [6, 6.07) is 0.590. The van der Waals surface area contributed by atoms with Crippen molar-refractivity contribution in [2.45, 2.75) is 44.8 Å². The van der Waals surface area contributed by atoms with E-state index < -0.39 is 12.7 Å². The van der Waals surface area contributed by atoms with Crippen molar-refractivity contribution in [1.29, 1.82) is 0 Å². The van der Waals surface area contributed by atoms with Crippen LogP contribution in [0.5, 0.6) is 0 Å². The van der Waals surface area contributed by atoms with Gasteiger partial charge in [-0.25, -0.2) is 0 Å². The first-order valence-corrected chi connectivity index (χ1v) is 7.53. The molecule has 0 aromatic rings. The number of hydrogen-bond donors (Lipinski definition) is 1. The Morgan fingerprint density at radius 3 is 2.40 bits per heavy atom. The quantitative estimate of drug-likeness (QED) is 0.780. The van der Waals surface area contributed by atoms with Gasteiger partial charge in [0.05, 0.1) is 6.54 Å². The van der Waals surface area contributed by atoms with Crippen molar-refractivity contribution in [3.63, 3.8) is 0 Å². The normalized spacial score (nSPS) is 23.2. The fourth-order valence-corrected chi connectivity index (χ4v) is 2.85. The van der Waals surface area contributed by atoms with Gasteiger partial charge in [-0.2, -0.15) is 13.2 Å². The van der Waals surface area contributed by atoms with E-state index in [2.05, 4.69) is 5.32 Å². The number of nitrogens with one attached hydrogen (secondary N) is 1. The highest BCUT2D eigenvalue weighted by molar-refractivity contribution is 4.91. The molecule has 2 rings (SSSR count). The van der Waals surface area contributed by atoms with Gasteiger partial charge in [-0.3, -0.25) is 4.90 Å². The number of ether oxygens (including phenoxy) is 1. The molecule has 0 bridgehead atoms. The van der Waals surface area contributed by atoms with Gasteiger partial charge in [-0.05, 0) is 37.6 Å². The second-order valence-electron chi connectivity index (χ2n) is 6.19. The van der Waals surface area contributed by atoms with E-state index in [4.69, 9.17) is 4.74 Å². The maximum Gasteiger partial charge on any atom is 0.401 e.